The van der Waals surface area contributed by atoms with E-state index >= 15 is 0 Å². The molecule has 1 rings (SSSR count). The Balaban J connectivity index is 2.66. The molecular formula is C14H21N3O2S. The molecule has 0 aliphatic carbocycles. The van der Waals surface area contributed by atoms with Crippen molar-refractivity contribution in [2.24, 2.45) is 5.10 Å². The zero-order valence-corrected chi connectivity index (χ0v) is 13.1. The normalized spacial score (nSPS) is 10.7. The highest BCUT2D eigenvalue weighted by atomic mass is 32.1. The quantitative estimate of drug-likeness (QED) is 0.479. The summed E-state index contributed by atoms with van der Waals surface area (Å²) >= 11 is 5.07. The summed E-state index contributed by atoms with van der Waals surface area (Å²) in [5, 5.41) is 7.60. The molecule has 20 heavy (non-hydrogen) atoms. The molecule has 0 aliphatic heterocycles. The summed E-state index contributed by atoms with van der Waals surface area (Å²) in [7, 11) is 1.61. The first kappa shape index (κ1) is 16.2. The van der Waals surface area contributed by atoms with Crippen LogP contribution in [0, 0.1) is 0 Å². The van der Waals surface area contributed by atoms with E-state index in [0.717, 1.165) is 11.3 Å². The summed E-state index contributed by atoms with van der Waals surface area (Å²) in [6.45, 7) is 6.55. The average Bonchev–Trinajstić information content (AvgIpc) is 2.39. The Labute approximate surface area is 125 Å². The highest BCUT2D eigenvalue weighted by molar-refractivity contribution is 7.80. The van der Waals surface area contributed by atoms with Gasteiger partial charge in [-0.25, -0.2) is 0 Å². The second-order valence-corrected chi connectivity index (χ2v) is 4.75. The Hall–Kier alpha value is -1.82. The van der Waals surface area contributed by atoms with Gasteiger partial charge in [-0.15, -0.1) is 0 Å². The van der Waals surface area contributed by atoms with Gasteiger partial charge >= 0.3 is 0 Å². The molecule has 1 aromatic carbocycles. The lowest BCUT2D eigenvalue weighted by Crippen LogP contribution is -2.36. The number of rotatable bonds is 6. The lowest BCUT2D eigenvalue weighted by atomic mass is 10.2. The van der Waals surface area contributed by atoms with Gasteiger partial charge in [-0.2, -0.15) is 5.10 Å². The molecule has 0 radical (unpaired) electrons. The third kappa shape index (κ3) is 5.44. The van der Waals surface area contributed by atoms with Crippen LogP contribution >= 0.6 is 12.2 Å². The molecule has 0 unspecified atom stereocenters. The van der Waals surface area contributed by atoms with Gasteiger partial charge in [0, 0.05) is 6.04 Å². The molecule has 0 fully saturated rings. The number of hydrazone groups is 1. The van der Waals surface area contributed by atoms with Crippen molar-refractivity contribution in [2.45, 2.75) is 26.8 Å². The molecule has 0 spiro atoms. The average molecular weight is 295 g/mol. The van der Waals surface area contributed by atoms with Crippen LogP contribution in [0.3, 0.4) is 0 Å². The minimum absolute atomic E-state index is 0.274. The maximum Gasteiger partial charge on any atom is 0.187 e. The third-order valence-electron chi connectivity index (χ3n) is 2.29. The number of hydrogen-bond donors (Lipinski definition) is 2. The zero-order valence-electron chi connectivity index (χ0n) is 12.3. The summed E-state index contributed by atoms with van der Waals surface area (Å²) in [4.78, 5) is 0. The topological polar surface area (TPSA) is 54.9 Å². The molecule has 0 aliphatic rings. The van der Waals surface area contributed by atoms with Crippen LogP contribution < -0.4 is 20.2 Å². The predicted molar refractivity (Wildman–Crippen MR) is 85.8 cm³/mol. The number of methoxy groups -OCH3 is 1. The molecule has 110 valence electrons. The van der Waals surface area contributed by atoms with Crippen molar-refractivity contribution in [1.29, 1.82) is 0 Å². The maximum absolute atomic E-state index is 5.45. The Morgan fingerprint density at radius 3 is 2.75 bits per heavy atom. The van der Waals surface area contributed by atoms with E-state index in [-0.39, 0.29) is 6.04 Å². The van der Waals surface area contributed by atoms with Crippen LogP contribution in [0.15, 0.2) is 23.3 Å². The minimum atomic E-state index is 0.274. The van der Waals surface area contributed by atoms with E-state index in [1.807, 2.05) is 39.0 Å². The van der Waals surface area contributed by atoms with Crippen molar-refractivity contribution >= 4 is 23.5 Å². The lowest BCUT2D eigenvalue weighted by Gasteiger charge is -2.10. The van der Waals surface area contributed by atoms with Crippen molar-refractivity contribution in [3.05, 3.63) is 23.8 Å². The smallest absolute Gasteiger partial charge is 0.187 e. The Kier molecular flexibility index (Phi) is 6.79. The van der Waals surface area contributed by atoms with Gasteiger partial charge in [0.05, 0.1) is 19.9 Å². The van der Waals surface area contributed by atoms with Gasteiger partial charge < -0.3 is 14.8 Å². The molecule has 0 heterocycles. The van der Waals surface area contributed by atoms with Crippen LogP contribution in [-0.4, -0.2) is 31.1 Å². The molecule has 5 nitrogen and oxygen atoms in total. The van der Waals surface area contributed by atoms with Gasteiger partial charge in [0.2, 0.25) is 0 Å². The SMILES string of the molecule is CCOc1ccc(C=NNC(=S)NC(C)C)cc1OC. The number of ether oxygens (including phenoxy) is 2. The number of hydrogen-bond acceptors (Lipinski definition) is 4. The van der Waals surface area contributed by atoms with E-state index in [2.05, 4.69) is 15.8 Å². The molecule has 6 heteroatoms. The van der Waals surface area contributed by atoms with E-state index in [4.69, 9.17) is 21.7 Å². The van der Waals surface area contributed by atoms with Crippen LogP contribution in [0.5, 0.6) is 11.5 Å². The van der Waals surface area contributed by atoms with E-state index in [1.165, 1.54) is 0 Å². The standard InChI is InChI=1S/C14H21N3O2S/c1-5-19-12-7-6-11(8-13(12)18-4)9-15-17-14(20)16-10(2)3/h6-10H,5H2,1-4H3,(H2,16,17,20). The first-order valence-corrected chi connectivity index (χ1v) is 6.88. The van der Waals surface area contributed by atoms with Crippen LogP contribution in [0.4, 0.5) is 0 Å². The molecule has 0 aromatic heterocycles. The van der Waals surface area contributed by atoms with Crippen molar-refractivity contribution < 1.29 is 9.47 Å². The van der Waals surface area contributed by atoms with E-state index in [9.17, 15) is 0 Å². The summed E-state index contributed by atoms with van der Waals surface area (Å²) in [6.07, 6.45) is 1.67. The predicted octanol–water partition coefficient (Wildman–Crippen LogP) is 2.30. The first-order valence-electron chi connectivity index (χ1n) is 6.47. The highest BCUT2D eigenvalue weighted by Crippen LogP contribution is 2.27. The van der Waals surface area contributed by atoms with Crippen LogP contribution in [0.2, 0.25) is 0 Å². The fourth-order valence-corrected chi connectivity index (χ4v) is 1.79. The van der Waals surface area contributed by atoms with Gasteiger partial charge in [0.25, 0.3) is 0 Å². The summed E-state index contributed by atoms with van der Waals surface area (Å²) in [5.41, 5.74) is 3.65. The molecule has 2 N–H and O–H groups in total. The molecule has 0 saturated carbocycles. The van der Waals surface area contributed by atoms with Crippen LogP contribution in [-0.2, 0) is 0 Å². The van der Waals surface area contributed by atoms with Gasteiger partial charge in [-0.1, -0.05) is 0 Å². The Morgan fingerprint density at radius 1 is 1.40 bits per heavy atom. The number of thiocarbonyl (C=S) groups is 1. The van der Waals surface area contributed by atoms with Crippen molar-refractivity contribution in [2.75, 3.05) is 13.7 Å². The van der Waals surface area contributed by atoms with E-state index in [0.29, 0.717) is 17.5 Å². The number of nitrogens with one attached hydrogen (secondary N) is 2. The minimum Gasteiger partial charge on any atom is -0.493 e. The molecular weight excluding hydrogens is 274 g/mol. The van der Waals surface area contributed by atoms with Gasteiger partial charge in [-0.3, -0.25) is 5.43 Å². The van der Waals surface area contributed by atoms with Crippen molar-refractivity contribution in [1.82, 2.24) is 10.7 Å². The van der Waals surface area contributed by atoms with E-state index < -0.39 is 0 Å². The lowest BCUT2D eigenvalue weighted by molar-refractivity contribution is 0.311. The molecule has 1 aromatic rings. The maximum atomic E-state index is 5.45. The van der Waals surface area contributed by atoms with Gasteiger partial charge in [0.15, 0.2) is 16.6 Å². The van der Waals surface area contributed by atoms with Crippen LogP contribution in [0.25, 0.3) is 0 Å². The number of benzene rings is 1. The summed E-state index contributed by atoms with van der Waals surface area (Å²) < 4.78 is 10.7. The molecule has 0 atom stereocenters. The largest absolute Gasteiger partial charge is 0.493 e. The van der Waals surface area contributed by atoms with Gasteiger partial charge in [0.1, 0.15) is 0 Å². The highest BCUT2D eigenvalue weighted by Gasteiger charge is 2.04. The van der Waals surface area contributed by atoms with Crippen LogP contribution in [0.1, 0.15) is 26.3 Å². The monoisotopic (exact) mass is 295 g/mol. The van der Waals surface area contributed by atoms with Crippen molar-refractivity contribution in [3.63, 3.8) is 0 Å². The van der Waals surface area contributed by atoms with E-state index in [1.54, 1.807) is 13.3 Å². The third-order valence-corrected chi connectivity index (χ3v) is 2.50. The fourth-order valence-electron chi connectivity index (χ4n) is 1.50. The second kappa shape index (κ2) is 8.37. The summed E-state index contributed by atoms with van der Waals surface area (Å²) in [6, 6.07) is 5.89. The first-order chi connectivity index (χ1) is 9.56. The molecule has 0 saturated heterocycles. The zero-order chi connectivity index (χ0) is 15.0. The Morgan fingerprint density at radius 2 is 2.15 bits per heavy atom. The fraction of sp³-hybridized carbons (Fsp3) is 0.429. The van der Waals surface area contributed by atoms with Crippen molar-refractivity contribution in [3.8, 4) is 11.5 Å². The Bertz CT molecular complexity index is 475. The second-order valence-electron chi connectivity index (χ2n) is 4.34. The molecule has 0 bridgehead atoms. The summed E-state index contributed by atoms with van der Waals surface area (Å²) in [5.74, 6) is 1.40. The van der Waals surface area contributed by atoms with Gasteiger partial charge in [-0.05, 0) is 56.8 Å². The molecule has 0 amide bonds. The number of nitrogens with zero attached hydrogens (tertiary/aromatic N) is 1.